The highest BCUT2D eigenvalue weighted by atomic mass is 16.4. The minimum absolute atomic E-state index is 0.0699. The lowest BCUT2D eigenvalue weighted by Crippen LogP contribution is -2.39. The van der Waals surface area contributed by atoms with E-state index in [1.54, 1.807) is 0 Å². The van der Waals surface area contributed by atoms with E-state index in [2.05, 4.69) is 10.6 Å². The third-order valence-electron chi connectivity index (χ3n) is 6.12. The number of carbonyl (C=O) groups is 3. The highest BCUT2D eigenvalue weighted by molar-refractivity contribution is 6.03. The SMILES string of the molecule is Cc1ccccc1CN[C@@H](CCC(=O)NC(=O)C1c2ccccc2-c2ccccc21)C(=O)O. The summed E-state index contributed by atoms with van der Waals surface area (Å²) in [6, 6.07) is 22.2. The monoisotopic (exact) mass is 442 g/mol. The molecule has 0 radical (unpaired) electrons. The number of benzene rings is 3. The van der Waals surface area contributed by atoms with Crippen LogP contribution in [-0.2, 0) is 20.9 Å². The number of carboxylic acids is 1. The number of rotatable bonds is 8. The second-order valence-corrected chi connectivity index (χ2v) is 8.26. The molecule has 0 aliphatic heterocycles. The summed E-state index contributed by atoms with van der Waals surface area (Å²) >= 11 is 0. The Hall–Kier alpha value is -3.77. The summed E-state index contributed by atoms with van der Waals surface area (Å²) in [7, 11) is 0. The number of hydrogen-bond acceptors (Lipinski definition) is 4. The lowest BCUT2D eigenvalue weighted by atomic mass is 9.96. The molecule has 0 bridgehead atoms. The summed E-state index contributed by atoms with van der Waals surface area (Å²) in [5, 5.41) is 15.0. The Balaban J connectivity index is 1.38. The molecule has 0 heterocycles. The van der Waals surface area contributed by atoms with E-state index in [0.717, 1.165) is 33.4 Å². The molecule has 0 fully saturated rings. The van der Waals surface area contributed by atoms with Crippen LogP contribution in [0.15, 0.2) is 72.8 Å². The highest BCUT2D eigenvalue weighted by Crippen LogP contribution is 2.44. The van der Waals surface area contributed by atoms with Gasteiger partial charge in [-0.25, -0.2) is 0 Å². The van der Waals surface area contributed by atoms with Crippen LogP contribution >= 0.6 is 0 Å². The summed E-state index contributed by atoms with van der Waals surface area (Å²) in [6.45, 7) is 2.35. The molecule has 0 unspecified atom stereocenters. The molecule has 4 rings (SSSR count). The topological polar surface area (TPSA) is 95.5 Å². The summed E-state index contributed by atoms with van der Waals surface area (Å²) in [4.78, 5) is 37.2. The van der Waals surface area contributed by atoms with Crippen LogP contribution in [0.25, 0.3) is 11.1 Å². The maximum atomic E-state index is 13.0. The van der Waals surface area contributed by atoms with Crippen LogP contribution in [0.1, 0.15) is 41.0 Å². The maximum absolute atomic E-state index is 13.0. The molecular formula is C27H26N2O4. The first kappa shape index (κ1) is 22.4. The summed E-state index contributed by atoms with van der Waals surface area (Å²) in [6.07, 6.45) is 0.0116. The van der Waals surface area contributed by atoms with Crippen LogP contribution in [0.4, 0.5) is 0 Å². The van der Waals surface area contributed by atoms with Crippen molar-refractivity contribution in [3.05, 3.63) is 95.1 Å². The Labute approximate surface area is 192 Å². The number of carbonyl (C=O) groups excluding carboxylic acids is 2. The molecule has 1 aliphatic rings. The predicted octanol–water partition coefficient (Wildman–Crippen LogP) is 3.77. The summed E-state index contributed by atoms with van der Waals surface area (Å²) < 4.78 is 0. The molecule has 0 spiro atoms. The van der Waals surface area contributed by atoms with E-state index in [4.69, 9.17) is 0 Å². The number of aryl methyl sites for hydroxylation is 1. The minimum atomic E-state index is -1.03. The molecule has 0 saturated carbocycles. The highest BCUT2D eigenvalue weighted by Gasteiger charge is 2.34. The average molecular weight is 443 g/mol. The Morgan fingerprint density at radius 2 is 1.45 bits per heavy atom. The molecular weight excluding hydrogens is 416 g/mol. The van der Waals surface area contributed by atoms with Gasteiger partial charge in [-0.2, -0.15) is 0 Å². The van der Waals surface area contributed by atoms with E-state index in [0.29, 0.717) is 6.54 Å². The standard InChI is InChI=1S/C27H26N2O4/c1-17-8-2-3-9-18(17)16-28-23(27(32)33)14-15-24(30)29-26(31)25-21-12-6-4-10-19(21)20-11-5-7-13-22(20)25/h2-13,23,25,28H,14-16H2,1H3,(H,32,33)(H,29,30,31)/t23-/m0/s1. The van der Waals surface area contributed by atoms with Gasteiger partial charge in [0.2, 0.25) is 11.8 Å². The largest absolute Gasteiger partial charge is 0.480 e. The summed E-state index contributed by atoms with van der Waals surface area (Å²) in [5.74, 6) is -2.46. The zero-order valence-corrected chi connectivity index (χ0v) is 18.4. The maximum Gasteiger partial charge on any atom is 0.320 e. The molecule has 33 heavy (non-hydrogen) atoms. The van der Waals surface area contributed by atoms with Gasteiger partial charge >= 0.3 is 5.97 Å². The minimum Gasteiger partial charge on any atom is -0.480 e. The number of hydrogen-bond donors (Lipinski definition) is 3. The lowest BCUT2D eigenvalue weighted by Gasteiger charge is -2.16. The van der Waals surface area contributed by atoms with E-state index in [-0.39, 0.29) is 12.8 Å². The van der Waals surface area contributed by atoms with Gasteiger partial charge in [-0.15, -0.1) is 0 Å². The fourth-order valence-corrected chi connectivity index (χ4v) is 4.34. The van der Waals surface area contributed by atoms with Crippen LogP contribution in [0.2, 0.25) is 0 Å². The molecule has 3 aromatic carbocycles. The first-order valence-electron chi connectivity index (χ1n) is 11.0. The van der Waals surface area contributed by atoms with Gasteiger partial charge in [0.15, 0.2) is 0 Å². The molecule has 6 nitrogen and oxygen atoms in total. The Kier molecular flexibility index (Phi) is 6.66. The molecule has 1 atom stereocenters. The Bertz CT molecular complexity index is 1160. The molecule has 1 aliphatic carbocycles. The molecule has 3 N–H and O–H groups in total. The van der Waals surface area contributed by atoms with Gasteiger partial charge in [0.05, 0.1) is 5.92 Å². The molecule has 0 saturated heterocycles. The third-order valence-corrected chi connectivity index (χ3v) is 6.12. The van der Waals surface area contributed by atoms with E-state index in [9.17, 15) is 19.5 Å². The van der Waals surface area contributed by atoms with Gasteiger partial charge in [0, 0.05) is 13.0 Å². The fourth-order valence-electron chi connectivity index (χ4n) is 4.34. The van der Waals surface area contributed by atoms with Gasteiger partial charge in [-0.1, -0.05) is 72.8 Å². The number of aliphatic carboxylic acids is 1. The van der Waals surface area contributed by atoms with Crippen molar-refractivity contribution in [1.29, 1.82) is 0 Å². The Morgan fingerprint density at radius 1 is 0.879 bits per heavy atom. The normalized spacial score (nSPS) is 13.1. The van der Waals surface area contributed by atoms with Gasteiger partial charge in [0.1, 0.15) is 6.04 Å². The number of fused-ring (bicyclic) bond motifs is 3. The molecule has 168 valence electrons. The Morgan fingerprint density at radius 3 is 2.06 bits per heavy atom. The average Bonchev–Trinajstić information content (AvgIpc) is 3.14. The van der Waals surface area contributed by atoms with Crippen LogP contribution < -0.4 is 10.6 Å². The third kappa shape index (κ3) is 4.86. The second kappa shape index (κ2) is 9.79. The van der Waals surface area contributed by atoms with E-state index in [1.807, 2.05) is 79.7 Å². The predicted molar refractivity (Wildman–Crippen MR) is 126 cm³/mol. The van der Waals surface area contributed by atoms with Gasteiger partial charge in [-0.05, 0) is 46.7 Å². The van der Waals surface area contributed by atoms with Crippen molar-refractivity contribution in [2.75, 3.05) is 0 Å². The lowest BCUT2D eigenvalue weighted by molar-refractivity contribution is -0.139. The number of imide groups is 1. The summed E-state index contributed by atoms with van der Waals surface area (Å²) in [5.41, 5.74) is 5.79. The molecule has 2 amide bonds. The van der Waals surface area contributed by atoms with E-state index < -0.39 is 29.7 Å². The fraction of sp³-hybridized carbons (Fsp3) is 0.222. The van der Waals surface area contributed by atoms with Crippen LogP contribution in [0.3, 0.4) is 0 Å². The number of nitrogens with one attached hydrogen (secondary N) is 2. The van der Waals surface area contributed by atoms with E-state index >= 15 is 0 Å². The van der Waals surface area contributed by atoms with E-state index in [1.165, 1.54) is 0 Å². The van der Waals surface area contributed by atoms with Crippen molar-refractivity contribution >= 4 is 17.8 Å². The van der Waals surface area contributed by atoms with Crippen molar-refractivity contribution < 1.29 is 19.5 Å². The second-order valence-electron chi connectivity index (χ2n) is 8.26. The van der Waals surface area contributed by atoms with Gasteiger partial charge < -0.3 is 10.4 Å². The van der Waals surface area contributed by atoms with Gasteiger partial charge in [-0.3, -0.25) is 19.7 Å². The zero-order chi connectivity index (χ0) is 23.4. The molecule has 6 heteroatoms. The van der Waals surface area contributed by atoms with Crippen LogP contribution in [0.5, 0.6) is 0 Å². The first-order valence-corrected chi connectivity index (χ1v) is 11.0. The number of amides is 2. The van der Waals surface area contributed by atoms with Crippen molar-refractivity contribution in [2.45, 2.75) is 38.3 Å². The first-order chi connectivity index (χ1) is 16.0. The zero-order valence-electron chi connectivity index (χ0n) is 18.4. The quantitative estimate of drug-likeness (QED) is 0.494. The van der Waals surface area contributed by atoms with Crippen LogP contribution in [-0.4, -0.2) is 28.9 Å². The van der Waals surface area contributed by atoms with Gasteiger partial charge in [0.25, 0.3) is 0 Å². The molecule has 0 aromatic heterocycles. The van der Waals surface area contributed by atoms with Crippen molar-refractivity contribution in [2.24, 2.45) is 0 Å². The van der Waals surface area contributed by atoms with Crippen LogP contribution in [0, 0.1) is 6.92 Å². The number of carboxylic acid groups (broad SMARTS) is 1. The smallest absolute Gasteiger partial charge is 0.320 e. The molecule has 3 aromatic rings. The van der Waals surface area contributed by atoms with Crippen molar-refractivity contribution in [3.8, 4) is 11.1 Å². The van der Waals surface area contributed by atoms with Crippen molar-refractivity contribution in [3.63, 3.8) is 0 Å². The van der Waals surface area contributed by atoms with Crippen molar-refractivity contribution in [1.82, 2.24) is 10.6 Å².